The Morgan fingerprint density at radius 3 is 2.38 bits per heavy atom. The number of hydrogen-bond acceptors (Lipinski definition) is 2. The summed E-state index contributed by atoms with van der Waals surface area (Å²) in [4.78, 5) is 0. The molecule has 4 aromatic carbocycles. The number of aryl methyl sites for hydroxylation is 1. The van der Waals surface area contributed by atoms with Crippen molar-refractivity contribution in [2.24, 2.45) is 0 Å². The normalized spacial score (nSPS) is 11.7. The summed E-state index contributed by atoms with van der Waals surface area (Å²) >= 11 is 6.32. The Kier molecular flexibility index (Phi) is 8.99. The summed E-state index contributed by atoms with van der Waals surface area (Å²) in [7, 11) is 0. The smallest absolute Gasteiger partial charge is 0.124 e. The maximum atomic E-state index is 6.32. The first-order valence-corrected chi connectivity index (χ1v) is 11.2. The molecule has 0 fully saturated rings. The third-order valence-corrected chi connectivity index (χ3v) is 6.04. The zero-order chi connectivity index (χ0) is 21.5. The first-order chi connectivity index (χ1) is 15.2. The summed E-state index contributed by atoms with van der Waals surface area (Å²) < 4.78 is 6.25. The molecule has 4 aromatic rings. The molecule has 166 valence electrons. The minimum Gasteiger partial charge on any atom is -0.488 e. The fourth-order valence-corrected chi connectivity index (χ4v) is 4.00. The van der Waals surface area contributed by atoms with Gasteiger partial charge in [0.25, 0.3) is 0 Å². The third kappa shape index (κ3) is 6.26. The van der Waals surface area contributed by atoms with Crippen LogP contribution in [0.3, 0.4) is 0 Å². The highest BCUT2D eigenvalue weighted by atomic mass is 35.5. The predicted octanol–water partition coefficient (Wildman–Crippen LogP) is 7.60. The molecule has 1 unspecified atom stereocenters. The van der Waals surface area contributed by atoms with Crippen LogP contribution in [0, 0.1) is 0 Å². The fraction of sp³-hybridized carbons (Fsp3) is 0.214. The number of hydrogen-bond donors (Lipinski definition) is 1. The SMILES string of the molecule is CC(CCc1ccccc1)NCc1c(OCc2ccccc2Cl)ccc2ccccc12.Cl. The maximum absolute atomic E-state index is 6.32. The number of nitrogens with one attached hydrogen (secondary N) is 1. The van der Waals surface area contributed by atoms with Gasteiger partial charge in [-0.1, -0.05) is 90.5 Å². The molecule has 0 saturated heterocycles. The van der Waals surface area contributed by atoms with Gasteiger partial charge in [-0.3, -0.25) is 0 Å². The first kappa shape index (κ1) is 24.1. The highest BCUT2D eigenvalue weighted by molar-refractivity contribution is 6.31. The van der Waals surface area contributed by atoms with Gasteiger partial charge in [0.05, 0.1) is 0 Å². The van der Waals surface area contributed by atoms with Crippen LogP contribution >= 0.6 is 24.0 Å². The molecule has 0 spiro atoms. The minimum absolute atomic E-state index is 0. The summed E-state index contributed by atoms with van der Waals surface area (Å²) in [6.45, 7) is 3.46. The molecule has 4 rings (SSSR count). The first-order valence-electron chi connectivity index (χ1n) is 10.8. The minimum atomic E-state index is 0. The topological polar surface area (TPSA) is 21.3 Å². The van der Waals surface area contributed by atoms with Crippen molar-refractivity contribution >= 4 is 34.8 Å². The summed E-state index contributed by atoms with van der Waals surface area (Å²) in [5.41, 5.74) is 3.56. The summed E-state index contributed by atoms with van der Waals surface area (Å²) in [6.07, 6.45) is 2.16. The second kappa shape index (κ2) is 11.9. The van der Waals surface area contributed by atoms with E-state index in [2.05, 4.69) is 79.0 Å². The number of benzene rings is 4. The van der Waals surface area contributed by atoms with Gasteiger partial charge in [0, 0.05) is 28.7 Å². The van der Waals surface area contributed by atoms with Crippen molar-refractivity contribution in [1.29, 1.82) is 0 Å². The quantitative estimate of drug-likeness (QED) is 0.274. The van der Waals surface area contributed by atoms with Crippen molar-refractivity contribution in [3.8, 4) is 5.75 Å². The molecule has 0 aromatic heterocycles. The zero-order valence-corrected chi connectivity index (χ0v) is 19.8. The van der Waals surface area contributed by atoms with Gasteiger partial charge >= 0.3 is 0 Å². The molecule has 0 aliphatic carbocycles. The molecule has 0 aliphatic heterocycles. The van der Waals surface area contributed by atoms with Crippen LogP contribution in [-0.2, 0) is 19.6 Å². The molecule has 0 radical (unpaired) electrons. The van der Waals surface area contributed by atoms with E-state index < -0.39 is 0 Å². The number of ether oxygens (including phenoxy) is 1. The van der Waals surface area contributed by atoms with Gasteiger partial charge in [0.1, 0.15) is 12.4 Å². The van der Waals surface area contributed by atoms with Crippen molar-refractivity contribution in [2.75, 3.05) is 0 Å². The summed E-state index contributed by atoms with van der Waals surface area (Å²) in [5, 5.41) is 6.89. The van der Waals surface area contributed by atoms with Crippen LogP contribution in [0.1, 0.15) is 30.0 Å². The number of fused-ring (bicyclic) bond motifs is 1. The Hall–Kier alpha value is -2.52. The van der Waals surface area contributed by atoms with Crippen molar-refractivity contribution in [3.63, 3.8) is 0 Å². The Bertz CT molecular complexity index is 1130. The van der Waals surface area contributed by atoms with Crippen LogP contribution in [0.2, 0.25) is 5.02 Å². The number of halogens is 2. The van der Waals surface area contributed by atoms with E-state index in [1.165, 1.54) is 21.9 Å². The number of rotatable bonds is 9. The fourth-order valence-electron chi connectivity index (χ4n) is 3.81. The molecule has 1 N–H and O–H groups in total. The van der Waals surface area contributed by atoms with Crippen molar-refractivity contribution in [3.05, 3.63) is 113 Å². The molecule has 0 heterocycles. The lowest BCUT2D eigenvalue weighted by atomic mass is 10.0. The van der Waals surface area contributed by atoms with Crippen LogP contribution in [0.5, 0.6) is 5.75 Å². The average Bonchev–Trinajstić information content (AvgIpc) is 2.81. The second-order valence-electron chi connectivity index (χ2n) is 7.95. The molecule has 0 amide bonds. The van der Waals surface area contributed by atoms with E-state index in [0.29, 0.717) is 12.6 Å². The molecule has 1 atom stereocenters. The van der Waals surface area contributed by atoms with Crippen molar-refractivity contribution in [2.45, 2.75) is 39.0 Å². The van der Waals surface area contributed by atoms with Crippen LogP contribution < -0.4 is 10.1 Å². The van der Waals surface area contributed by atoms with E-state index in [9.17, 15) is 0 Å². The summed E-state index contributed by atoms with van der Waals surface area (Å²) in [5.74, 6) is 0.904. The molecule has 32 heavy (non-hydrogen) atoms. The molecule has 4 heteroatoms. The second-order valence-corrected chi connectivity index (χ2v) is 8.36. The van der Waals surface area contributed by atoms with Gasteiger partial charge in [-0.05, 0) is 48.2 Å². The van der Waals surface area contributed by atoms with Gasteiger partial charge in [-0.2, -0.15) is 0 Å². The molecular formula is C28H29Cl2NO. The molecular weight excluding hydrogens is 437 g/mol. The van der Waals surface area contributed by atoms with Gasteiger partial charge in [0.15, 0.2) is 0 Å². The Morgan fingerprint density at radius 1 is 0.844 bits per heavy atom. The highest BCUT2D eigenvalue weighted by Gasteiger charge is 2.12. The van der Waals surface area contributed by atoms with Crippen LogP contribution in [-0.4, -0.2) is 6.04 Å². The van der Waals surface area contributed by atoms with Crippen molar-refractivity contribution in [1.82, 2.24) is 5.32 Å². The van der Waals surface area contributed by atoms with Crippen LogP contribution in [0.25, 0.3) is 10.8 Å². The third-order valence-electron chi connectivity index (χ3n) is 5.67. The lowest BCUT2D eigenvalue weighted by Crippen LogP contribution is -2.26. The Morgan fingerprint density at radius 2 is 1.56 bits per heavy atom. The lowest BCUT2D eigenvalue weighted by Gasteiger charge is -2.18. The maximum Gasteiger partial charge on any atom is 0.124 e. The Balaban J connectivity index is 0.00000289. The van der Waals surface area contributed by atoms with E-state index in [-0.39, 0.29) is 12.4 Å². The molecule has 2 nitrogen and oxygen atoms in total. The lowest BCUT2D eigenvalue weighted by molar-refractivity contribution is 0.302. The van der Waals surface area contributed by atoms with Crippen LogP contribution in [0.4, 0.5) is 0 Å². The van der Waals surface area contributed by atoms with Crippen LogP contribution in [0.15, 0.2) is 91.0 Å². The van der Waals surface area contributed by atoms with Gasteiger partial charge in [-0.25, -0.2) is 0 Å². The van der Waals surface area contributed by atoms with E-state index in [4.69, 9.17) is 16.3 Å². The largest absolute Gasteiger partial charge is 0.488 e. The zero-order valence-electron chi connectivity index (χ0n) is 18.3. The standard InChI is InChI=1S/C28H28ClNO.ClH/c1-21(15-16-22-9-3-2-4-10-22)30-19-26-25-13-7-5-11-23(25)17-18-28(26)31-20-24-12-6-8-14-27(24)29;/h2-14,17-18,21,30H,15-16,19-20H2,1H3;1H. The van der Waals surface area contributed by atoms with Gasteiger partial charge in [-0.15, -0.1) is 12.4 Å². The molecule has 0 saturated carbocycles. The van der Waals surface area contributed by atoms with Gasteiger partial charge in [0.2, 0.25) is 0 Å². The monoisotopic (exact) mass is 465 g/mol. The Labute approximate surface area is 202 Å². The average molecular weight is 466 g/mol. The van der Waals surface area contributed by atoms with E-state index in [1.54, 1.807) is 0 Å². The van der Waals surface area contributed by atoms with E-state index in [0.717, 1.165) is 35.7 Å². The van der Waals surface area contributed by atoms with Gasteiger partial charge < -0.3 is 10.1 Å². The highest BCUT2D eigenvalue weighted by Crippen LogP contribution is 2.29. The summed E-state index contributed by atoms with van der Waals surface area (Å²) in [6, 6.07) is 31.6. The molecule has 0 aliphatic rings. The van der Waals surface area contributed by atoms with Crippen molar-refractivity contribution < 1.29 is 4.74 Å². The predicted molar refractivity (Wildman–Crippen MR) is 138 cm³/mol. The molecule has 0 bridgehead atoms. The van der Waals surface area contributed by atoms with E-state index >= 15 is 0 Å². The van der Waals surface area contributed by atoms with E-state index in [1.807, 2.05) is 24.3 Å².